The van der Waals surface area contributed by atoms with E-state index in [9.17, 15) is 0 Å². The highest BCUT2D eigenvalue weighted by atomic mass is 35.5. The Morgan fingerprint density at radius 1 is 1.50 bits per heavy atom. The van der Waals surface area contributed by atoms with E-state index in [1.807, 2.05) is 11.6 Å². The van der Waals surface area contributed by atoms with Crippen molar-refractivity contribution in [1.29, 1.82) is 0 Å². The molecule has 2 heterocycles. The first kappa shape index (κ1) is 13.8. The zero-order valence-electron chi connectivity index (χ0n) is 10.7. The summed E-state index contributed by atoms with van der Waals surface area (Å²) < 4.78 is 7.45. The highest BCUT2D eigenvalue weighted by molar-refractivity contribution is 6.29. The fraction of sp³-hybridized carbons (Fsp3) is 0.750. The van der Waals surface area contributed by atoms with Gasteiger partial charge < -0.3 is 14.4 Å². The van der Waals surface area contributed by atoms with E-state index in [0.717, 1.165) is 38.3 Å². The fourth-order valence-electron chi connectivity index (χ4n) is 2.22. The van der Waals surface area contributed by atoms with Crippen LogP contribution >= 0.6 is 11.6 Å². The van der Waals surface area contributed by atoms with Gasteiger partial charge in [-0.15, -0.1) is 0 Å². The van der Waals surface area contributed by atoms with E-state index in [-0.39, 0.29) is 6.61 Å². The Kier molecular flexibility index (Phi) is 5.00. The number of likely N-dealkylation sites (tertiary alicyclic amines) is 1. The summed E-state index contributed by atoms with van der Waals surface area (Å²) in [5.41, 5.74) is 0. The van der Waals surface area contributed by atoms with E-state index < -0.39 is 0 Å². The first-order valence-electron chi connectivity index (χ1n) is 6.31. The number of ether oxygens (including phenoxy) is 1. The first-order chi connectivity index (χ1) is 8.70. The number of aliphatic hydroxyl groups is 1. The van der Waals surface area contributed by atoms with Crippen LogP contribution in [-0.4, -0.2) is 52.0 Å². The summed E-state index contributed by atoms with van der Waals surface area (Å²) in [6.45, 7) is 3.38. The third-order valence-corrected chi connectivity index (χ3v) is 3.72. The average Bonchev–Trinajstić information content (AvgIpc) is 2.70. The Labute approximate surface area is 112 Å². The molecule has 0 amide bonds. The Morgan fingerprint density at radius 3 is 2.78 bits per heavy atom. The van der Waals surface area contributed by atoms with Gasteiger partial charge in [-0.1, -0.05) is 11.6 Å². The van der Waals surface area contributed by atoms with Crippen molar-refractivity contribution in [1.82, 2.24) is 14.5 Å². The lowest BCUT2D eigenvalue weighted by molar-refractivity contribution is -0.00948. The minimum atomic E-state index is 0.103. The second-order valence-corrected chi connectivity index (χ2v) is 5.01. The molecule has 1 N–H and O–H groups in total. The van der Waals surface area contributed by atoms with Gasteiger partial charge in [0.15, 0.2) is 0 Å². The third-order valence-electron chi connectivity index (χ3n) is 3.37. The highest BCUT2D eigenvalue weighted by Gasteiger charge is 2.20. The first-order valence-corrected chi connectivity index (χ1v) is 6.69. The van der Waals surface area contributed by atoms with Gasteiger partial charge in [-0.3, -0.25) is 4.90 Å². The molecular weight excluding hydrogens is 254 g/mol. The van der Waals surface area contributed by atoms with Crippen molar-refractivity contribution < 1.29 is 9.84 Å². The van der Waals surface area contributed by atoms with Gasteiger partial charge in [0, 0.05) is 20.1 Å². The molecule has 0 aromatic carbocycles. The van der Waals surface area contributed by atoms with Crippen LogP contribution in [0.25, 0.3) is 0 Å². The van der Waals surface area contributed by atoms with Crippen LogP contribution in [0.1, 0.15) is 18.7 Å². The Hall–Kier alpha value is -0.620. The molecule has 0 bridgehead atoms. The lowest BCUT2D eigenvalue weighted by Gasteiger charge is -2.31. The van der Waals surface area contributed by atoms with Crippen LogP contribution in [0.4, 0.5) is 0 Å². The molecule has 0 unspecified atom stereocenters. The van der Waals surface area contributed by atoms with E-state index in [1.54, 1.807) is 6.20 Å². The molecule has 102 valence electrons. The number of nitrogens with zero attached hydrogens (tertiary/aromatic N) is 3. The molecule has 2 rings (SSSR count). The summed E-state index contributed by atoms with van der Waals surface area (Å²) in [6, 6.07) is 0. The normalized spacial score (nSPS) is 18.4. The number of piperidine rings is 1. The summed E-state index contributed by atoms with van der Waals surface area (Å²) in [5, 5.41) is 9.39. The number of hydrogen-bond acceptors (Lipinski definition) is 4. The van der Waals surface area contributed by atoms with Crippen LogP contribution in [0, 0.1) is 0 Å². The molecule has 0 spiro atoms. The van der Waals surface area contributed by atoms with E-state index in [1.165, 1.54) is 0 Å². The lowest BCUT2D eigenvalue weighted by atomic mass is 10.1. The second kappa shape index (κ2) is 6.52. The topological polar surface area (TPSA) is 50.5 Å². The fourth-order valence-corrected chi connectivity index (χ4v) is 2.37. The van der Waals surface area contributed by atoms with Gasteiger partial charge in [0.05, 0.1) is 32.1 Å². The maximum Gasteiger partial charge on any atom is 0.128 e. The predicted molar refractivity (Wildman–Crippen MR) is 69.6 cm³/mol. The molecule has 18 heavy (non-hydrogen) atoms. The molecule has 5 nitrogen and oxygen atoms in total. The van der Waals surface area contributed by atoms with Gasteiger partial charge in [0.2, 0.25) is 0 Å². The summed E-state index contributed by atoms with van der Waals surface area (Å²) in [5.74, 6) is 0.995. The van der Waals surface area contributed by atoms with E-state index in [2.05, 4.69) is 9.88 Å². The average molecular weight is 274 g/mol. The minimum absolute atomic E-state index is 0.103. The largest absolute Gasteiger partial charge is 0.394 e. The summed E-state index contributed by atoms with van der Waals surface area (Å²) in [4.78, 5) is 6.66. The third kappa shape index (κ3) is 3.45. The molecule has 0 radical (unpaired) electrons. The van der Waals surface area contributed by atoms with Crippen molar-refractivity contribution in [2.45, 2.75) is 25.5 Å². The maximum atomic E-state index is 8.72. The zero-order chi connectivity index (χ0) is 13.0. The zero-order valence-corrected chi connectivity index (χ0v) is 11.4. The molecule has 1 aromatic rings. The van der Waals surface area contributed by atoms with Gasteiger partial charge in [0.25, 0.3) is 0 Å². The van der Waals surface area contributed by atoms with Crippen molar-refractivity contribution in [2.24, 2.45) is 7.05 Å². The Morgan fingerprint density at radius 2 is 2.22 bits per heavy atom. The molecule has 0 aliphatic carbocycles. The molecule has 1 saturated heterocycles. The van der Waals surface area contributed by atoms with E-state index in [0.29, 0.717) is 17.9 Å². The number of aromatic nitrogens is 2. The number of halogens is 1. The van der Waals surface area contributed by atoms with Crippen LogP contribution in [0.2, 0.25) is 5.15 Å². The van der Waals surface area contributed by atoms with Crippen LogP contribution in [0.5, 0.6) is 0 Å². The predicted octanol–water partition coefficient (Wildman–Crippen LogP) is 1.05. The monoisotopic (exact) mass is 273 g/mol. The van der Waals surface area contributed by atoms with Gasteiger partial charge >= 0.3 is 0 Å². The quantitative estimate of drug-likeness (QED) is 0.871. The van der Waals surface area contributed by atoms with Crippen LogP contribution < -0.4 is 0 Å². The molecule has 1 aromatic heterocycles. The maximum absolute atomic E-state index is 8.72. The number of aliphatic hydroxyl groups excluding tert-OH is 1. The van der Waals surface area contributed by atoms with Crippen LogP contribution in [0.3, 0.4) is 0 Å². The summed E-state index contributed by atoms with van der Waals surface area (Å²) in [7, 11) is 1.93. The standard InChI is InChI=1S/C12H20ClN3O2/c1-15-11(13)8-14-12(15)9-16-4-2-10(3-5-16)18-7-6-17/h8,10,17H,2-7,9H2,1H3. The molecule has 1 fully saturated rings. The lowest BCUT2D eigenvalue weighted by Crippen LogP contribution is -2.37. The van der Waals surface area contributed by atoms with Gasteiger partial charge in [-0.25, -0.2) is 4.98 Å². The van der Waals surface area contributed by atoms with Crippen molar-refractivity contribution in [3.8, 4) is 0 Å². The van der Waals surface area contributed by atoms with Crippen LogP contribution in [-0.2, 0) is 18.3 Å². The van der Waals surface area contributed by atoms with Gasteiger partial charge in [0.1, 0.15) is 11.0 Å². The van der Waals surface area contributed by atoms with E-state index >= 15 is 0 Å². The van der Waals surface area contributed by atoms with Crippen molar-refractivity contribution >= 4 is 11.6 Å². The minimum Gasteiger partial charge on any atom is -0.394 e. The van der Waals surface area contributed by atoms with Gasteiger partial charge in [-0.2, -0.15) is 0 Å². The Balaban J connectivity index is 1.78. The summed E-state index contributed by atoms with van der Waals surface area (Å²) in [6.07, 6.45) is 4.00. The number of rotatable bonds is 5. The summed E-state index contributed by atoms with van der Waals surface area (Å²) >= 11 is 5.97. The van der Waals surface area contributed by atoms with Crippen LogP contribution in [0.15, 0.2) is 6.20 Å². The molecule has 6 heteroatoms. The van der Waals surface area contributed by atoms with Crippen molar-refractivity contribution in [3.05, 3.63) is 17.2 Å². The molecule has 1 aliphatic heterocycles. The molecule has 0 saturated carbocycles. The second-order valence-electron chi connectivity index (χ2n) is 4.63. The molecule has 1 aliphatic rings. The number of imidazole rings is 1. The van der Waals surface area contributed by atoms with Crippen molar-refractivity contribution in [3.63, 3.8) is 0 Å². The smallest absolute Gasteiger partial charge is 0.128 e. The van der Waals surface area contributed by atoms with Gasteiger partial charge in [-0.05, 0) is 12.8 Å². The highest BCUT2D eigenvalue weighted by Crippen LogP contribution is 2.17. The Bertz CT molecular complexity index is 375. The SMILES string of the molecule is Cn1c(Cl)cnc1CN1CCC(OCCO)CC1. The number of hydrogen-bond donors (Lipinski definition) is 1. The molecule has 0 atom stereocenters. The van der Waals surface area contributed by atoms with Crippen molar-refractivity contribution in [2.75, 3.05) is 26.3 Å². The van der Waals surface area contributed by atoms with E-state index in [4.69, 9.17) is 21.4 Å². The molecular formula is C12H20ClN3O2.